The van der Waals surface area contributed by atoms with Crippen LogP contribution in [0, 0.1) is 18.7 Å². The summed E-state index contributed by atoms with van der Waals surface area (Å²) in [4.78, 5) is 12.5. The van der Waals surface area contributed by atoms with Crippen LogP contribution >= 0.6 is 23.2 Å². The number of nitrogens with zero attached hydrogens (tertiary/aromatic N) is 1. The van der Waals surface area contributed by atoms with Gasteiger partial charge in [-0.2, -0.15) is 4.31 Å². The van der Waals surface area contributed by atoms with E-state index in [-0.39, 0.29) is 45.7 Å². The minimum absolute atomic E-state index is 0.0356. The van der Waals surface area contributed by atoms with Gasteiger partial charge in [-0.3, -0.25) is 4.79 Å². The number of hydrogen-bond donors (Lipinski definition) is 1. The molecule has 1 aliphatic heterocycles. The third kappa shape index (κ3) is 4.49. The highest BCUT2D eigenvalue weighted by Crippen LogP contribution is 2.30. The lowest BCUT2D eigenvalue weighted by atomic mass is 9.97. The number of carbonyl (C=O) groups excluding carboxylic acids is 1. The fraction of sp³-hybridized carbons (Fsp3) is 0.316. The van der Waals surface area contributed by atoms with Gasteiger partial charge in [0.2, 0.25) is 15.9 Å². The van der Waals surface area contributed by atoms with E-state index in [1.54, 1.807) is 6.92 Å². The Morgan fingerprint density at radius 3 is 2.46 bits per heavy atom. The standard InChI is InChI=1S/C19H19Cl2FN2O3S/c1-12-10-15(22)3-5-17(12)23-19(25)13-6-8-24(9-7-13)28(26,27)18-11-14(20)2-4-16(18)21/h2-5,10-11,13H,6-9H2,1H3,(H,23,25). The topological polar surface area (TPSA) is 66.5 Å². The van der Waals surface area contributed by atoms with Gasteiger partial charge in [-0.05, 0) is 61.7 Å². The number of nitrogens with one attached hydrogen (secondary N) is 1. The first-order valence-corrected chi connectivity index (χ1v) is 10.9. The molecule has 0 aliphatic carbocycles. The molecule has 0 bridgehead atoms. The average Bonchev–Trinajstić information content (AvgIpc) is 2.66. The lowest BCUT2D eigenvalue weighted by Gasteiger charge is -2.31. The van der Waals surface area contributed by atoms with Gasteiger partial charge < -0.3 is 5.32 Å². The molecule has 1 amide bonds. The first-order chi connectivity index (χ1) is 13.2. The van der Waals surface area contributed by atoms with E-state index >= 15 is 0 Å². The Bertz CT molecular complexity index is 1010. The van der Waals surface area contributed by atoms with Crippen LogP contribution in [0.2, 0.25) is 10.0 Å². The normalized spacial score (nSPS) is 16.1. The molecule has 1 fully saturated rings. The fourth-order valence-electron chi connectivity index (χ4n) is 3.17. The molecule has 1 N–H and O–H groups in total. The molecular weight excluding hydrogens is 426 g/mol. The molecule has 2 aromatic carbocycles. The Balaban J connectivity index is 1.66. The van der Waals surface area contributed by atoms with Gasteiger partial charge in [-0.15, -0.1) is 0 Å². The molecule has 0 spiro atoms. The van der Waals surface area contributed by atoms with E-state index < -0.39 is 10.0 Å². The molecule has 0 radical (unpaired) electrons. The minimum Gasteiger partial charge on any atom is -0.326 e. The van der Waals surface area contributed by atoms with Crippen LogP contribution in [0.1, 0.15) is 18.4 Å². The maximum Gasteiger partial charge on any atom is 0.244 e. The summed E-state index contributed by atoms with van der Waals surface area (Å²) in [5.41, 5.74) is 1.18. The summed E-state index contributed by atoms with van der Waals surface area (Å²) < 4.78 is 40.2. The van der Waals surface area contributed by atoms with Gasteiger partial charge in [0.1, 0.15) is 10.7 Å². The second kappa shape index (κ2) is 8.37. The number of carbonyl (C=O) groups is 1. The number of hydrogen-bond acceptors (Lipinski definition) is 3. The smallest absolute Gasteiger partial charge is 0.244 e. The molecule has 1 saturated heterocycles. The molecular formula is C19H19Cl2FN2O3S. The molecule has 28 heavy (non-hydrogen) atoms. The number of piperidine rings is 1. The fourth-order valence-corrected chi connectivity index (χ4v) is 5.38. The Morgan fingerprint density at radius 1 is 1.14 bits per heavy atom. The van der Waals surface area contributed by atoms with Crippen molar-refractivity contribution in [1.82, 2.24) is 4.31 Å². The van der Waals surface area contributed by atoms with Crippen LogP contribution in [0.5, 0.6) is 0 Å². The quantitative estimate of drug-likeness (QED) is 0.755. The van der Waals surface area contributed by atoms with Crippen molar-refractivity contribution < 1.29 is 17.6 Å². The van der Waals surface area contributed by atoms with Crippen molar-refractivity contribution in [2.75, 3.05) is 18.4 Å². The van der Waals surface area contributed by atoms with Crippen molar-refractivity contribution in [2.45, 2.75) is 24.7 Å². The van der Waals surface area contributed by atoms with Crippen LogP contribution in [0.25, 0.3) is 0 Å². The summed E-state index contributed by atoms with van der Waals surface area (Å²) in [6.45, 7) is 2.11. The molecule has 5 nitrogen and oxygen atoms in total. The van der Waals surface area contributed by atoms with Gasteiger partial charge in [0.15, 0.2) is 0 Å². The first-order valence-electron chi connectivity index (χ1n) is 8.70. The van der Waals surface area contributed by atoms with E-state index in [0.29, 0.717) is 24.1 Å². The van der Waals surface area contributed by atoms with Gasteiger partial charge in [-0.25, -0.2) is 12.8 Å². The number of amides is 1. The SMILES string of the molecule is Cc1cc(F)ccc1NC(=O)C1CCN(S(=O)(=O)c2cc(Cl)ccc2Cl)CC1. The molecule has 0 saturated carbocycles. The number of rotatable bonds is 4. The van der Waals surface area contributed by atoms with Crippen molar-refractivity contribution in [1.29, 1.82) is 0 Å². The second-order valence-corrected chi connectivity index (χ2v) is 9.45. The molecule has 2 aromatic rings. The zero-order chi connectivity index (χ0) is 20.5. The summed E-state index contributed by atoms with van der Waals surface area (Å²) in [6, 6.07) is 8.45. The van der Waals surface area contributed by atoms with E-state index in [0.717, 1.165) is 0 Å². The van der Waals surface area contributed by atoms with E-state index in [1.165, 1.54) is 40.7 Å². The summed E-state index contributed by atoms with van der Waals surface area (Å²) in [7, 11) is -3.79. The first kappa shape index (κ1) is 21.0. The second-order valence-electron chi connectivity index (χ2n) is 6.70. The molecule has 150 valence electrons. The molecule has 0 atom stereocenters. The highest BCUT2D eigenvalue weighted by atomic mass is 35.5. The van der Waals surface area contributed by atoms with Crippen molar-refractivity contribution in [3.63, 3.8) is 0 Å². The Kier molecular flexibility index (Phi) is 6.29. The predicted molar refractivity (Wildman–Crippen MR) is 108 cm³/mol. The Hall–Kier alpha value is -1.67. The highest BCUT2D eigenvalue weighted by Gasteiger charge is 2.33. The monoisotopic (exact) mass is 444 g/mol. The van der Waals surface area contributed by atoms with Gasteiger partial charge in [0.05, 0.1) is 5.02 Å². The van der Waals surface area contributed by atoms with Crippen LogP contribution in [-0.2, 0) is 14.8 Å². The lowest BCUT2D eigenvalue weighted by molar-refractivity contribution is -0.120. The van der Waals surface area contributed by atoms with Crippen LogP contribution in [0.3, 0.4) is 0 Å². The molecule has 0 unspecified atom stereocenters. The summed E-state index contributed by atoms with van der Waals surface area (Å²) in [5, 5.41) is 3.19. The molecule has 0 aromatic heterocycles. The number of halogens is 3. The van der Waals surface area contributed by atoms with Crippen molar-refractivity contribution in [3.8, 4) is 0 Å². The lowest BCUT2D eigenvalue weighted by Crippen LogP contribution is -2.41. The molecule has 1 heterocycles. The van der Waals surface area contributed by atoms with Crippen LogP contribution < -0.4 is 5.32 Å². The highest BCUT2D eigenvalue weighted by molar-refractivity contribution is 7.89. The maximum atomic E-state index is 13.2. The largest absolute Gasteiger partial charge is 0.326 e. The molecule has 1 aliphatic rings. The van der Waals surface area contributed by atoms with Gasteiger partial charge in [0.25, 0.3) is 0 Å². The zero-order valence-corrected chi connectivity index (χ0v) is 17.4. The van der Waals surface area contributed by atoms with Crippen molar-refractivity contribution in [2.24, 2.45) is 5.92 Å². The Labute approximate surface area is 173 Å². The summed E-state index contributed by atoms with van der Waals surface area (Å²) >= 11 is 11.9. The van der Waals surface area contributed by atoms with Crippen LogP contribution in [0.4, 0.5) is 10.1 Å². The summed E-state index contributed by atoms with van der Waals surface area (Å²) in [5.74, 6) is -0.896. The minimum atomic E-state index is -3.79. The van der Waals surface area contributed by atoms with Crippen molar-refractivity contribution >= 4 is 44.8 Å². The number of aryl methyl sites for hydroxylation is 1. The van der Waals surface area contributed by atoms with Gasteiger partial charge >= 0.3 is 0 Å². The van der Waals surface area contributed by atoms with Crippen LogP contribution in [0.15, 0.2) is 41.3 Å². The number of anilines is 1. The average molecular weight is 445 g/mol. The third-order valence-corrected chi connectivity index (χ3v) is 7.40. The van der Waals surface area contributed by atoms with E-state index in [2.05, 4.69) is 5.32 Å². The third-order valence-electron chi connectivity index (χ3n) is 4.78. The van der Waals surface area contributed by atoms with Gasteiger partial charge in [-0.1, -0.05) is 23.2 Å². The maximum absolute atomic E-state index is 13.2. The van der Waals surface area contributed by atoms with Crippen molar-refractivity contribution in [3.05, 3.63) is 57.8 Å². The number of sulfonamides is 1. The Morgan fingerprint density at radius 2 is 1.82 bits per heavy atom. The zero-order valence-electron chi connectivity index (χ0n) is 15.1. The van der Waals surface area contributed by atoms with Gasteiger partial charge in [0, 0.05) is 29.7 Å². The van der Waals surface area contributed by atoms with E-state index in [4.69, 9.17) is 23.2 Å². The molecule has 9 heteroatoms. The van der Waals surface area contributed by atoms with Crippen LogP contribution in [-0.4, -0.2) is 31.7 Å². The number of benzene rings is 2. The molecule has 3 rings (SSSR count). The summed E-state index contributed by atoms with van der Waals surface area (Å²) in [6.07, 6.45) is 0.757. The van der Waals surface area contributed by atoms with E-state index in [9.17, 15) is 17.6 Å². The van der Waals surface area contributed by atoms with E-state index in [1.807, 2.05) is 0 Å². The predicted octanol–water partition coefficient (Wildman–Crippen LogP) is 4.48.